The van der Waals surface area contributed by atoms with Gasteiger partial charge < -0.3 is 20.3 Å². The molecule has 0 bridgehead atoms. The smallest absolute Gasteiger partial charge is 0.340 e. The SMILES string of the molecule is COC(=O)c1cc(N)ccc1NCc1nc(C)no1. The van der Waals surface area contributed by atoms with Gasteiger partial charge in [-0.25, -0.2) is 4.79 Å². The van der Waals surface area contributed by atoms with Crippen molar-refractivity contribution in [3.05, 3.63) is 35.5 Å². The van der Waals surface area contributed by atoms with Gasteiger partial charge >= 0.3 is 5.97 Å². The van der Waals surface area contributed by atoms with E-state index < -0.39 is 5.97 Å². The molecule has 0 fully saturated rings. The van der Waals surface area contributed by atoms with Crippen molar-refractivity contribution >= 4 is 17.3 Å². The molecule has 0 spiro atoms. The molecule has 1 aromatic heterocycles. The van der Waals surface area contributed by atoms with Crippen LogP contribution in [0.25, 0.3) is 0 Å². The summed E-state index contributed by atoms with van der Waals surface area (Å²) in [6, 6.07) is 4.94. The number of nitrogens with zero attached hydrogens (tertiary/aromatic N) is 2. The fourth-order valence-electron chi connectivity index (χ4n) is 1.58. The normalized spacial score (nSPS) is 10.2. The van der Waals surface area contributed by atoms with Crippen LogP contribution in [-0.4, -0.2) is 23.2 Å². The van der Waals surface area contributed by atoms with Crippen LogP contribution in [0.4, 0.5) is 11.4 Å². The maximum Gasteiger partial charge on any atom is 0.340 e. The molecular formula is C12H14N4O3. The molecular weight excluding hydrogens is 248 g/mol. The van der Waals surface area contributed by atoms with Crippen molar-refractivity contribution in [3.63, 3.8) is 0 Å². The number of aryl methyl sites for hydroxylation is 1. The zero-order valence-corrected chi connectivity index (χ0v) is 10.6. The molecule has 0 aliphatic rings. The summed E-state index contributed by atoms with van der Waals surface area (Å²) in [5, 5.41) is 6.71. The Kier molecular flexibility index (Phi) is 3.65. The Balaban J connectivity index is 2.17. The minimum atomic E-state index is -0.462. The predicted octanol–water partition coefficient (Wildman–Crippen LogP) is 1.36. The van der Waals surface area contributed by atoms with Gasteiger partial charge in [0.1, 0.15) is 0 Å². The van der Waals surface area contributed by atoms with Crippen molar-refractivity contribution in [1.29, 1.82) is 0 Å². The lowest BCUT2D eigenvalue weighted by molar-refractivity contribution is 0.0602. The Hall–Kier alpha value is -2.57. The third-order valence-corrected chi connectivity index (χ3v) is 2.45. The van der Waals surface area contributed by atoms with Crippen molar-refractivity contribution < 1.29 is 14.1 Å². The summed E-state index contributed by atoms with van der Waals surface area (Å²) < 4.78 is 9.67. The molecule has 19 heavy (non-hydrogen) atoms. The monoisotopic (exact) mass is 262 g/mol. The second-order valence-corrected chi connectivity index (χ2v) is 3.89. The number of hydrogen-bond acceptors (Lipinski definition) is 7. The number of methoxy groups -OCH3 is 1. The Morgan fingerprint density at radius 2 is 2.32 bits per heavy atom. The minimum absolute atomic E-state index is 0.314. The Bertz CT molecular complexity index is 594. The number of nitrogen functional groups attached to an aromatic ring is 1. The second kappa shape index (κ2) is 5.38. The molecule has 0 aliphatic carbocycles. The molecule has 100 valence electrons. The number of carbonyl (C=O) groups excluding carboxylic acids is 1. The quantitative estimate of drug-likeness (QED) is 0.633. The molecule has 0 aliphatic heterocycles. The lowest BCUT2D eigenvalue weighted by Crippen LogP contribution is -2.09. The Morgan fingerprint density at radius 1 is 1.53 bits per heavy atom. The van der Waals surface area contributed by atoms with E-state index >= 15 is 0 Å². The number of nitrogens with two attached hydrogens (primary N) is 1. The average Bonchev–Trinajstić information content (AvgIpc) is 2.82. The molecule has 0 amide bonds. The maximum atomic E-state index is 11.6. The Labute approximate surface area is 109 Å². The van der Waals surface area contributed by atoms with Gasteiger partial charge in [0.15, 0.2) is 5.82 Å². The fraction of sp³-hybridized carbons (Fsp3) is 0.250. The first-order valence-electron chi connectivity index (χ1n) is 5.61. The lowest BCUT2D eigenvalue weighted by atomic mass is 10.1. The molecule has 0 saturated heterocycles. The molecule has 2 rings (SSSR count). The molecule has 0 unspecified atom stereocenters. The van der Waals surface area contributed by atoms with E-state index in [0.29, 0.717) is 35.2 Å². The fourth-order valence-corrected chi connectivity index (χ4v) is 1.58. The van der Waals surface area contributed by atoms with Crippen LogP contribution in [0.1, 0.15) is 22.1 Å². The van der Waals surface area contributed by atoms with E-state index in [1.165, 1.54) is 7.11 Å². The summed E-state index contributed by atoms with van der Waals surface area (Å²) in [5.41, 5.74) is 7.09. The molecule has 7 heteroatoms. The van der Waals surface area contributed by atoms with Crippen molar-refractivity contribution in [1.82, 2.24) is 10.1 Å². The lowest BCUT2D eigenvalue weighted by Gasteiger charge is -2.09. The van der Waals surface area contributed by atoms with Crippen LogP contribution in [-0.2, 0) is 11.3 Å². The average molecular weight is 262 g/mol. The van der Waals surface area contributed by atoms with Crippen LogP contribution < -0.4 is 11.1 Å². The first kappa shape index (κ1) is 12.9. The number of ether oxygens (including phenoxy) is 1. The van der Waals surface area contributed by atoms with E-state index in [9.17, 15) is 4.79 Å². The van der Waals surface area contributed by atoms with E-state index in [1.54, 1.807) is 25.1 Å². The molecule has 0 atom stereocenters. The highest BCUT2D eigenvalue weighted by molar-refractivity contribution is 5.96. The number of anilines is 2. The zero-order chi connectivity index (χ0) is 13.8. The number of hydrogen-bond donors (Lipinski definition) is 2. The van der Waals surface area contributed by atoms with Crippen molar-refractivity contribution in [2.75, 3.05) is 18.2 Å². The van der Waals surface area contributed by atoms with Crippen LogP contribution >= 0.6 is 0 Å². The number of rotatable bonds is 4. The van der Waals surface area contributed by atoms with Gasteiger partial charge in [0.05, 0.1) is 19.2 Å². The number of aromatic nitrogens is 2. The first-order chi connectivity index (χ1) is 9.10. The van der Waals surface area contributed by atoms with E-state index in [1.807, 2.05) is 0 Å². The minimum Gasteiger partial charge on any atom is -0.465 e. The van der Waals surface area contributed by atoms with Gasteiger partial charge in [-0.05, 0) is 25.1 Å². The van der Waals surface area contributed by atoms with E-state index in [2.05, 4.69) is 15.5 Å². The van der Waals surface area contributed by atoms with E-state index in [0.717, 1.165) is 0 Å². The summed E-state index contributed by atoms with van der Waals surface area (Å²) >= 11 is 0. The highest BCUT2D eigenvalue weighted by Gasteiger charge is 2.13. The second-order valence-electron chi connectivity index (χ2n) is 3.89. The summed E-state index contributed by atoms with van der Waals surface area (Å²) in [4.78, 5) is 15.7. The summed E-state index contributed by atoms with van der Waals surface area (Å²) in [6.07, 6.45) is 0. The van der Waals surface area contributed by atoms with E-state index in [4.69, 9.17) is 15.0 Å². The molecule has 0 radical (unpaired) electrons. The third-order valence-electron chi connectivity index (χ3n) is 2.45. The summed E-state index contributed by atoms with van der Waals surface area (Å²) in [7, 11) is 1.32. The summed E-state index contributed by atoms with van der Waals surface area (Å²) in [5.74, 6) is 0.531. The Morgan fingerprint density at radius 3 is 2.95 bits per heavy atom. The van der Waals surface area contributed by atoms with Gasteiger partial charge in [-0.15, -0.1) is 0 Å². The van der Waals surface area contributed by atoms with Crippen LogP contribution in [0.3, 0.4) is 0 Å². The molecule has 3 N–H and O–H groups in total. The number of nitrogens with one attached hydrogen (secondary N) is 1. The van der Waals surface area contributed by atoms with E-state index in [-0.39, 0.29) is 0 Å². The van der Waals surface area contributed by atoms with Crippen LogP contribution in [0.2, 0.25) is 0 Å². The standard InChI is InChI=1S/C12H14N4O3/c1-7-15-11(19-16-7)6-14-10-4-3-8(13)5-9(10)12(17)18-2/h3-5,14H,6,13H2,1-2H3. The maximum absolute atomic E-state index is 11.6. The zero-order valence-electron chi connectivity index (χ0n) is 10.6. The molecule has 7 nitrogen and oxygen atoms in total. The molecule has 2 aromatic rings. The topological polar surface area (TPSA) is 103 Å². The van der Waals surface area contributed by atoms with Crippen LogP contribution in [0, 0.1) is 6.92 Å². The van der Waals surface area contributed by atoms with Gasteiger partial charge in [-0.2, -0.15) is 4.98 Å². The highest BCUT2D eigenvalue weighted by Crippen LogP contribution is 2.20. The van der Waals surface area contributed by atoms with Gasteiger partial charge in [-0.1, -0.05) is 5.16 Å². The summed E-state index contributed by atoms with van der Waals surface area (Å²) in [6.45, 7) is 2.05. The van der Waals surface area contributed by atoms with Gasteiger partial charge in [0.2, 0.25) is 5.89 Å². The largest absolute Gasteiger partial charge is 0.465 e. The predicted molar refractivity (Wildman–Crippen MR) is 68.6 cm³/mol. The third kappa shape index (κ3) is 3.01. The van der Waals surface area contributed by atoms with Crippen molar-refractivity contribution in [3.8, 4) is 0 Å². The number of esters is 1. The number of benzene rings is 1. The van der Waals surface area contributed by atoms with Gasteiger partial charge in [0, 0.05) is 11.4 Å². The number of carbonyl (C=O) groups is 1. The van der Waals surface area contributed by atoms with Crippen LogP contribution in [0.15, 0.2) is 22.7 Å². The van der Waals surface area contributed by atoms with Gasteiger partial charge in [0.25, 0.3) is 0 Å². The molecule has 1 heterocycles. The van der Waals surface area contributed by atoms with Gasteiger partial charge in [-0.3, -0.25) is 0 Å². The molecule has 1 aromatic carbocycles. The highest BCUT2D eigenvalue weighted by atomic mass is 16.5. The first-order valence-corrected chi connectivity index (χ1v) is 5.61. The van der Waals surface area contributed by atoms with Crippen molar-refractivity contribution in [2.24, 2.45) is 0 Å². The molecule has 0 saturated carbocycles. The van der Waals surface area contributed by atoms with Crippen LogP contribution in [0.5, 0.6) is 0 Å². The van der Waals surface area contributed by atoms with Crippen molar-refractivity contribution in [2.45, 2.75) is 13.5 Å².